The largest absolute Gasteiger partial charge is 0.310 e. The zero-order chi connectivity index (χ0) is 46.3. The van der Waals surface area contributed by atoms with Gasteiger partial charge in [-0.1, -0.05) is 202 Å². The normalized spacial score (nSPS) is 12.3. The molecule has 0 spiro atoms. The summed E-state index contributed by atoms with van der Waals surface area (Å²) in [6.07, 6.45) is 0. The van der Waals surface area contributed by atoms with Crippen LogP contribution in [0.1, 0.15) is 25.0 Å². The van der Waals surface area contributed by atoms with Gasteiger partial charge in [-0.3, -0.25) is 0 Å². The lowest BCUT2D eigenvalue weighted by Crippen LogP contribution is -2.16. The van der Waals surface area contributed by atoms with Gasteiger partial charge in [0.05, 0.1) is 5.69 Å². The van der Waals surface area contributed by atoms with Crippen molar-refractivity contribution in [1.82, 2.24) is 0 Å². The molecule has 0 fully saturated rings. The third kappa shape index (κ3) is 7.57. The Morgan fingerprint density at radius 1 is 0.261 bits per heavy atom. The van der Waals surface area contributed by atoms with Crippen LogP contribution in [0.3, 0.4) is 0 Å². The highest BCUT2D eigenvalue weighted by atomic mass is 15.1. The predicted molar refractivity (Wildman–Crippen MR) is 293 cm³/mol. The Hall–Kier alpha value is -8.72. The molecule has 0 aliphatic heterocycles. The molecule has 0 saturated carbocycles. The van der Waals surface area contributed by atoms with Gasteiger partial charge in [0.2, 0.25) is 0 Å². The summed E-state index contributed by atoms with van der Waals surface area (Å²) in [4.78, 5) is 4.76. The standard InChI is InChI=1S/C67H50N2/c1-67(2)64-32-18-17-31-58(64)59-43-42-56(44-65(59)67)68(52-26-11-5-12-27-52)54-38-34-50(35-39-54)62-45-61(49-22-9-4-10-23-49)63(46-60(62)48-20-7-3-8-21-48)51-36-40-55(41-37-51)69(53-28-13-6-14-29-53)66-33-19-25-47-24-15-16-30-57(47)66/h3-46H,1-2H3. The average molecular weight is 883 g/mol. The van der Waals surface area contributed by atoms with E-state index in [4.69, 9.17) is 0 Å². The number of nitrogens with zero attached hydrogens (tertiary/aromatic N) is 2. The SMILES string of the molecule is CC1(C)c2ccccc2-c2ccc(N(c3ccccc3)c3ccc(-c4cc(-c5ccccc5)c(-c5ccc(N(c6ccccc6)c6cccc7ccccc67)cc5)cc4-c4ccccc4)cc3)cc21. The van der Waals surface area contributed by atoms with Crippen molar-refractivity contribution < 1.29 is 0 Å². The van der Waals surface area contributed by atoms with Crippen molar-refractivity contribution in [2.75, 3.05) is 9.80 Å². The number of hydrogen-bond acceptors (Lipinski definition) is 2. The van der Waals surface area contributed by atoms with Gasteiger partial charge in [-0.15, -0.1) is 0 Å². The van der Waals surface area contributed by atoms with E-state index < -0.39 is 0 Å². The van der Waals surface area contributed by atoms with Crippen LogP contribution in [-0.2, 0) is 5.41 Å². The summed E-state index contributed by atoms with van der Waals surface area (Å²) in [5.41, 5.74) is 21.4. The molecule has 11 aromatic rings. The molecule has 1 aliphatic rings. The molecule has 12 rings (SSSR count). The molecule has 0 aromatic heterocycles. The van der Waals surface area contributed by atoms with Crippen LogP contribution in [0.15, 0.2) is 267 Å². The zero-order valence-electron chi connectivity index (χ0n) is 38.8. The molecule has 328 valence electrons. The molecule has 11 aromatic carbocycles. The highest BCUT2D eigenvalue weighted by Gasteiger charge is 2.35. The maximum atomic E-state index is 2.41. The van der Waals surface area contributed by atoms with E-state index >= 15 is 0 Å². The summed E-state index contributed by atoms with van der Waals surface area (Å²) in [6, 6.07) is 97.3. The summed E-state index contributed by atoms with van der Waals surface area (Å²) in [5, 5.41) is 2.42. The van der Waals surface area contributed by atoms with Crippen LogP contribution >= 0.6 is 0 Å². The maximum absolute atomic E-state index is 2.41. The third-order valence-electron chi connectivity index (χ3n) is 14.1. The molecule has 0 amide bonds. The van der Waals surface area contributed by atoms with Crippen LogP contribution in [0.2, 0.25) is 0 Å². The fourth-order valence-corrected chi connectivity index (χ4v) is 10.6. The lowest BCUT2D eigenvalue weighted by atomic mass is 9.82. The summed E-state index contributed by atoms with van der Waals surface area (Å²) in [6.45, 7) is 4.70. The van der Waals surface area contributed by atoms with Crippen molar-refractivity contribution in [2.24, 2.45) is 0 Å². The Labute approximate surface area is 405 Å². The van der Waals surface area contributed by atoms with Crippen molar-refractivity contribution in [3.63, 3.8) is 0 Å². The Morgan fingerprint density at radius 3 is 1.25 bits per heavy atom. The molecule has 0 bridgehead atoms. The summed E-state index contributed by atoms with van der Waals surface area (Å²) < 4.78 is 0. The van der Waals surface area contributed by atoms with Crippen LogP contribution in [0.25, 0.3) is 66.4 Å². The first-order valence-electron chi connectivity index (χ1n) is 23.9. The number of rotatable bonds is 10. The molecule has 0 unspecified atom stereocenters. The van der Waals surface area contributed by atoms with E-state index in [2.05, 4.69) is 291 Å². The predicted octanol–water partition coefficient (Wildman–Crippen LogP) is 18.8. The van der Waals surface area contributed by atoms with Crippen molar-refractivity contribution in [3.8, 4) is 55.6 Å². The molecule has 2 nitrogen and oxygen atoms in total. The molecule has 0 saturated heterocycles. The third-order valence-corrected chi connectivity index (χ3v) is 14.1. The van der Waals surface area contributed by atoms with Crippen LogP contribution < -0.4 is 9.80 Å². The minimum Gasteiger partial charge on any atom is -0.310 e. The van der Waals surface area contributed by atoms with E-state index in [9.17, 15) is 0 Å². The van der Waals surface area contributed by atoms with E-state index in [1.54, 1.807) is 0 Å². The second-order valence-corrected chi connectivity index (χ2v) is 18.5. The Bertz CT molecular complexity index is 3590. The first kappa shape index (κ1) is 41.7. The number of hydrogen-bond donors (Lipinski definition) is 0. The van der Waals surface area contributed by atoms with Gasteiger partial charge in [0, 0.05) is 39.2 Å². The maximum Gasteiger partial charge on any atom is 0.0540 e. The van der Waals surface area contributed by atoms with E-state index in [0.717, 1.165) is 45.3 Å². The minimum absolute atomic E-state index is 0.105. The van der Waals surface area contributed by atoms with Crippen LogP contribution in [0, 0.1) is 0 Å². The van der Waals surface area contributed by atoms with Crippen molar-refractivity contribution in [1.29, 1.82) is 0 Å². The minimum atomic E-state index is -0.105. The van der Waals surface area contributed by atoms with E-state index in [1.165, 1.54) is 66.4 Å². The topological polar surface area (TPSA) is 6.48 Å². The highest BCUT2D eigenvalue weighted by Crippen LogP contribution is 2.51. The Balaban J connectivity index is 0.976. The first-order chi connectivity index (χ1) is 34.0. The van der Waals surface area contributed by atoms with Crippen molar-refractivity contribution in [3.05, 3.63) is 278 Å². The molecular formula is C67H50N2. The molecule has 0 radical (unpaired) electrons. The van der Waals surface area contributed by atoms with Gasteiger partial charge in [-0.05, 0) is 151 Å². The molecule has 0 N–H and O–H groups in total. The molecule has 1 aliphatic carbocycles. The van der Waals surface area contributed by atoms with Gasteiger partial charge < -0.3 is 9.80 Å². The molecule has 69 heavy (non-hydrogen) atoms. The Morgan fingerprint density at radius 2 is 0.667 bits per heavy atom. The Kier molecular flexibility index (Phi) is 10.6. The number of para-hydroxylation sites is 2. The van der Waals surface area contributed by atoms with E-state index in [0.29, 0.717) is 0 Å². The highest BCUT2D eigenvalue weighted by molar-refractivity contribution is 6.00. The summed E-state index contributed by atoms with van der Waals surface area (Å²) >= 11 is 0. The van der Waals surface area contributed by atoms with Gasteiger partial charge in [-0.25, -0.2) is 0 Å². The summed E-state index contributed by atoms with van der Waals surface area (Å²) in [7, 11) is 0. The van der Waals surface area contributed by atoms with Crippen LogP contribution in [0.5, 0.6) is 0 Å². The van der Waals surface area contributed by atoms with Gasteiger partial charge in [0.15, 0.2) is 0 Å². The number of benzene rings is 11. The molecular weight excluding hydrogens is 833 g/mol. The van der Waals surface area contributed by atoms with E-state index in [-0.39, 0.29) is 5.41 Å². The van der Waals surface area contributed by atoms with Gasteiger partial charge >= 0.3 is 0 Å². The lowest BCUT2D eigenvalue weighted by Gasteiger charge is -2.28. The quantitative estimate of drug-likeness (QED) is 0.135. The van der Waals surface area contributed by atoms with Gasteiger partial charge in [-0.2, -0.15) is 0 Å². The van der Waals surface area contributed by atoms with Crippen molar-refractivity contribution in [2.45, 2.75) is 19.3 Å². The van der Waals surface area contributed by atoms with Crippen LogP contribution in [-0.4, -0.2) is 0 Å². The van der Waals surface area contributed by atoms with Crippen molar-refractivity contribution >= 4 is 44.9 Å². The van der Waals surface area contributed by atoms with E-state index in [1.807, 2.05) is 0 Å². The second kappa shape index (κ2) is 17.5. The zero-order valence-corrected chi connectivity index (χ0v) is 38.8. The van der Waals surface area contributed by atoms with Gasteiger partial charge in [0.25, 0.3) is 0 Å². The number of anilines is 6. The average Bonchev–Trinajstić information content (AvgIpc) is 3.65. The fourth-order valence-electron chi connectivity index (χ4n) is 10.6. The first-order valence-corrected chi connectivity index (χ1v) is 23.9. The molecule has 0 heterocycles. The number of fused-ring (bicyclic) bond motifs is 4. The second-order valence-electron chi connectivity index (χ2n) is 18.5. The smallest absolute Gasteiger partial charge is 0.0540 e. The summed E-state index contributed by atoms with van der Waals surface area (Å²) in [5.74, 6) is 0. The lowest BCUT2D eigenvalue weighted by molar-refractivity contribution is 0.660. The van der Waals surface area contributed by atoms with Gasteiger partial charge in [0.1, 0.15) is 0 Å². The fraction of sp³-hybridized carbons (Fsp3) is 0.0448. The molecule has 0 atom stereocenters. The van der Waals surface area contributed by atoms with Crippen LogP contribution in [0.4, 0.5) is 34.1 Å². The monoisotopic (exact) mass is 882 g/mol. The molecule has 2 heteroatoms.